The number of aliphatic carboxylic acids is 1. The van der Waals surface area contributed by atoms with Crippen LogP contribution in [0, 0.1) is 5.82 Å². The highest BCUT2D eigenvalue weighted by Crippen LogP contribution is 2.23. The molecule has 12 heteroatoms. The van der Waals surface area contributed by atoms with Crippen molar-refractivity contribution in [3.8, 4) is 0 Å². The average Bonchev–Trinajstić information content (AvgIpc) is 2.92. The molecule has 1 saturated heterocycles. The second-order valence-electron chi connectivity index (χ2n) is 8.52. The molecule has 1 aromatic heterocycles. The summed E-state index contributed by atoms with van der Waals surface area (Å²) in [5, 5.41) is 13.9. The van der Waals surface area contributed by atoms with Gasteiger partial charge in [-0.2, -0.15) is 0 Å². The average molecular weight is 523 g/mol. The predicted molar refractivity (Wildman–Crippen MR) is 136 cm³/mol. The number of carbonyl (C=O) groups excluding carboxylic acids is 2. The van der Waals surface area contributed by atoms with Gasteiger partial charge in [-0.05, 0) is 29.8 Å². The summed E-state index contributed by atoms with van der Waals surface area (Å²) < 4.78 is 20.1. The molecule has 1 aliphatic heterocycles. The maximum absolute atomic E-state index is 15.0. The Morgan fingerprint density at radius 3 is 2.29 bits per heavy atom. The van der Waals surface area contributed by atoms with Crippen LogP contribution in [0.2, 0.25) is 0 Å². The quantitative estimate of drug-likeness (QED) is 0.362. The van der Waals surface area contributed by atoms with Crippen LogP contribution in [-0.4, -0.2) is 65.4 Å². The van der Waals surface area contributed by atoms with Crippen molar-refractivity contribution >= 4 is 29.6 Å². The van der Waals surface area contributed by atoms with Gasteiger partial charge in [0.15, 0.2) is 0 Å². The van der Waals surface area contributed by atoms with Crippen molar-refractivity contribution in [1.82, 2.24) is 20.6 Å². The molecule has 2 aromatic carbocycles. The number of rotatable bonds is 9. The molecule has 1 atom stereocenters. The number of hydrogen-bond acceptors (Lipinski definition) is 8. The van der Waals surface area contributed by atoms with Crippen molar-refractivity contribution in [1.29, 1.82) is 0 Å². The van der Waals surface area contributed by atoms with Crippen molar-refractivity contribution in [2.24, 2.45) is 0 Å². The number of piperazine rings is 1. The molecule has 0 bridgehead atoms. The second-order valence-corrected chi connectivity index (χ2v) is 8.52. The Morgan fingerprint density at radius 2 is 1.63 bits per heavy atom. The number of carbonyl (C=O) groups is 3. The topological polar surface area (TPSA) is 137 Å². The lowest BCUT2D eigenvalue weighted by Gasteiger charge is -2.36. The normalized spacial score (nSPS) is 13.9. The number of ether oxygens (including phenoxy) is 1. The summed E-state index contributed by atoms with van der Waals surface area (Å²) in [6.07, 6.45) is 0.577. The third kappa shape index (κ3) is 7.15. The van der Waals surface area contributed by atoms with Crippen LogP contribution < -0.4 is 20.4 Å². The molecule has 1 fully saturated rings. The van der Waals surface area contributed by atoms with Crippen molar-refractivity contribution in [2.45, 2.75) is 19.2 Å². The number of nitrogens with zero attached hydrogens (tertiary/aromatic N) is 4. The summed E-state index contributed by atoms with van der Waals surface area (Å²) in [4.78, 5) is 48.5. The van der Waals surface area contributed by atoms with E-state index >= 15 is 0 Å². The zero-order valence-electron chi connectivity index (χ0n) is 20.4. The van der Waals surface area contributed by atoms with Gasteiger partial charge in [-0.3, -0.25) is 9.59 Å². The van der Waals surface area contributed by atoms with Crippen molar-refractivity contribution in [3.63, 3.8) is 0 Å². The maximum Gasteiger partial charge on any atom is 0.409 e. The Morgan fingerprint density at radius 1 is 0.947 bits per heavy atom. The smallest absolute Gasteiger partial charge is 0.409 e. The molecule has 4 rings (SSSR count). The van der Waals surface area contributed by atoms with E-state index in [1.807, 2.05) is 15.9 Å². The summed E-state index contributed by atoms with van der Waals surface area (Å²) in [5.41, 5.74) is 1.07. The summed E-state index contributed by atoms with van der Waals surface area (Å²) in [7, 11) is 0. The number of alkyl carbamates (subject to hydrolysis) is 1. The molecule has 198 valence electrons. The second kappa shape index (κ2) is 12.5. The number of carboxylic acids is 1. The van der Waals surface area contributed by atoms with Crippen LogP contribution in [0.15, 0.2) is 67.0 Å². The molecule has 2 heterocycles. The van der Waals surface area contributed by atoms with E-state index in [0.717, 1.165) is 11.6 Å². The van der Waals surface area contributed by atoms with Gasteiger partial charge in [0.05, 0.1) is 12.1 Å². The molecule has 0 aliphatic carbocycles. The number of halogens is 1. The standard InChI is InChI=1S/C26H27FN6O5/c27-20-15-19(7-8-21(20)32-11-13-33(14-12-32)25-28-9-4-10-29-25)24(36)30-22(16-23(34)35)31-26(37)38-17-18-5-2-1-3-6-18/h1-10,15,22H,11-14,16-17H2,(H,30,36)(H,31,37)(H,34,35). The maximum atomic E-state index is 15.0. The van der Waals surface area contributed by atoms with Crippen molar-refractivity contribution < 1.29 is 28.6 Å². The monoisotopic (exact) mass is 522 g/mol. The van der Waals surface area contributed by atoms with Crippen LogP contribution in [0.3, 0.4) is 0 Å². The Hall–Kier alpha value is -4.74. The van der Waals surface area contributed by atoms with Crippen LogP contribution in [-0.2, 0) is 16.1 Å². The highest BCUT2D eigenvalue weighted by atomic mass is 19.1. The fraction of sp³-hybridized carbons (Fsp3) is 0.269. The van der Waals surface area contributed by atoms with Crippen LogP contribution in [0.4, 0.5) is 20.8 Å². The van der Waals surface area contributed by atoms with Gasteiger partial charge in [0.1, 0.15) is 18.6 Å². The van der Waals surface area contributed by atoms with Gasteiger partial charge >= 0.3 is 12.1 Å². The molecule has 3 N–H and O–H groups in total. The largest absolute Gasteiger partial charge is 0.481 e. The zero-order valence-corrected chi connectivity index (χ0v) is 20.4. The van der Waals surface area contributed by atoms with Gasteiger partial charge in [0.2, 0.25) is 5.95 Å². The van der Waals surface area contributed by atoms with E-state index in [9.17, 15) is 23.9 Å². The number of carboxylic acid groups (broad SMARTS) is 1. The number of hydrogen-bond donors (Lipinski definition) is 3. The molecule has 38 heavy (non-hydrogen) atoms. The third-order valence-corrected chi connectivity index (χ3v) is 5.85. The number of nitrogens with one attached hydrogen (secondary N) is 2. The summed E-state index contributed by atoms with van der Waals surface area (Å²) >= 11 is 0. The molecular weight excluding hydrogens is 495 g/mol. The molecular formula is C26H27FN6O5. The number of benzene rings is 2. The van der Waals surface area contributed by atoms with E-state index < -0.39 is 36.4 Å². The number of aromatic nitrogens is 2. The van der Waals surface area contributed by atoms with E-state index in [2.05, 4.69) is 20.6 Å². The molecule has 1 unspecified atom stereocenters. The molecule has 0 radical (unpaired) electrons. The number of anilines is 2. The molecule has 3 aromatic rings. The third-order valence-electron chi connectivity index (χ3n) is 5.85. The van der Waals surface area contributed by atoms with E-state index in [1.165, 1.54) is 12.1 Å². The molecule has 1 aliphatic rings. The summed E-state index contributed by atoms with van der Waals surface area (Å²) in [6, 6.07) is 14.7. The van der Waals surface area contributed by atoms with E-state index in [0.29, 0.717) is 37.8 Å². The minimum Gasteiger partial charge on any atom is -0.481 e. The summed E-state index contributed by atoms with van der Waals surface area (Å²) in [6.45, 7) is 2.26. The lowest BCUT2D eigenvalue weighted by Crippen LogP contribution is -2.49. The predicted octanol–water partition coefficient (Wildman–Crippen LogP) is 2.40. The van der Waals surface area contributed by atoms with Crippen LogP contribution in [0.1, 0.15) is 22.3 Å². The first-order valence-corrected chi connectivity index (χ1v) is 12.0. The molecule has 2 amide bonds. The first-order valence-electron chi connectivity index (χ1n) is 12.0. The minimum atomic E-state index is -1.26. The highest BCUT2D eigenvalue weighted by molar-refractivity contribution is 5.95. The van der Waals surface area contributed by atoms with E-state index in [-0.39, 0.29) is 12.2 Å². The Balaban J connectivity index is 1.33. The Kier molecular flexibility index (Phi) is 8.65. The van der Waals surface area contributed by atoms with Gasteiger partial charge in [0, 0.05) is 44.1 Å². The first kappa shape index (κ1) is 26.3. The SMILES string of the molecule is O=C(O)CC(NC(=O)OCc1ccccc1)NC(=O)c1ccc(N2CCN(c3ncccn3)CC2)c(F)c1. The zero-order chi connectivity index (χ0) is 26.9. The number of amides is 2. The lowest BCUT2D eigenvalue weighted by molar-refractivity contribution is -0.137. The van der Waals surface area contributed by atoms with E-state index in [4.69, 9.17) is 4.74 Å². The van der Waals surface area contributed by atoms with Gasteiger partial charge in [-0.15, -0.1) is 0 Å². The van der Waals surface area contributed by atoms with Crippen LogP contribution in [0.25, 0.3) is 0 Å². The summed E-state index contributed by atoms with van der Waals surface area (Å²) in [5.74, 6) is -1.96. The van der Waals surface area contributed by atoms with Gasteiger partial charge in [0.25, 0.3) is 5.91 Å². The molecule has 11 nitrogen and oxygen atoms in total. The fourth-order valence-corrected chi connectivity index (χ4v) is 3.97. The Bertz CT molecular complexity index is 1260. The van der Waals surface area contributed by atoms with Crippen LogP contribution >= 0.6 is 0 Å². The van der Waals surface area contributed by atoms with Crippen molar-refractivity contribution in [3.05, 3.63) is 83.9 Å². The minimum absolute atomic E-state index is 0.0163. The molecule has 0 saturated carbocycles. The van der Waals surface area contributed by atoms with Gasteiger partial charge < -0.3 is 30.3 Å². The van der Waals surface area contributed by atoms with Gasteiger partial charge in [-0.25, -0.2) is 19.2 Å². The fourth-order valence-electron chi connectivity index (χ4n) is 3.97. The van der Waals surface area contributed by atoms with Crippen molar-refractivity contribution in [2.75, 3.05) is 36.0 Å². The van der Waals surface area contributed by atoms with Gasteiger partial charge in [-0.1, -0.05) is 30.3 Å². The van der Waals surface area contributed by atoms with Crippen LogP contribution in [0.5, 0.6) is 0 Å². The highest BCUT2D eigenvalue weighted by Gasteiger charge is 2.23. The Labute approximate surface area is 218 Å². The molecule has 0 spiro atoms. The lowest BCUT2D eigenvalue weighted by atomic mass is 10.1. The van der Waals surface area contributed by atoms with E-state index in [1.54, 1.807) is 42.7 Å². The first-order chi connectivity index (χ1) is 18.4.